The summed E-state index contributed by atoms with van der Waals surface area (Å²) in [6.45, 7) is 7.22. The Labute approximate surface area is 102 Å². The smallest absolute Gasteiger partial charge is 0.167 e. The van der Waals surface area contributed by atoms with Gasteiger partial charge in [0, 0.05) is 18.3 Å². The molecule has 3 nitrogen and oxygen atoms in total. The van der Waals surface area contributed by atoms with E-state index in [1.807, 2.05) is 20.8 Å². The van der Waals surface area contributed by atoms with E-state index in [2.05, 4.69) is 5.32 Å². The average molecular weight is 241 g/mol. The van der Waals surface area contributed by atoms with Crippen molar-refractivity contribution in [1.29, 1.82) is 0 Å². The summed E-state index contributed by atoms with van der Waals surface area (Å²) in [6, 6.07) is 4.79. The monoisotopic (exact) mass is 241 g/mol. The van der Waals surface area contributed by atoms with E-state index in [9.17, 15) is 4.39 Å². The third-order valence-corrected chi connectivity index (χ3v) is 2.12. The maximum absolute atomic E-state index is 13.4. The van der Waals surface area contributed by atoms with E-state index in [0.717, 1.165) is 5.69 Å². The molecule has 0 amide bonds. The molecule has 0 radical (unpaired) electrons. The Kier molecular flexibility index (Phi) is 4.75. The second-order valence-electron chi connectivity index (χ2n) is 4.74. The lowest BCUT2D eigenvalue weighted by Crippen LogP contribution is -2.23. The summed E-state index contributed by atoms with van der Waals surface area (Å²) in [7, 11) is 1.45. The Balaban J connectivity index is 2.40. The highest BCUT2D eigenvalue weighted by Crippen LogP contribution is 2.20. The van der Waals surface area contributed by atoms with Crippen LogP contribution in [-0.2, 0) is 4.74 Å². The number of ether oxygens (including phenoxy) is 2. The highest BCUT2D eigenvalue weighted by molar-refractivity contribution is 5.47. The summed E-state index contributed by atoms with van der Waals surface area (Å²) in [6.07, 6.45) is 0. The molecule has 0 saturated carbocycles. The number of anilines is 1. The third-order valence-electron chi connectivity index (χ3n) is 2.12. The minimum atomic E-state index is -0.366. The minimum Gasteiger partial charge on any atom is -0.494 e. The Morgan fingerprint density at radius 3 is 2.53 bits per heavy atom. The van der Waals surface area contributed by atoms with Crippen molar-refractivity contribution in [1.82, 2.24) is 0 Å². The molecule has 0 aliphatic rings. The second kappa shape index (κ2) is 5.87. The van der Waals surface area contributed by atoms with E-state index >= 15 is 0 Å². The predicted octanol–water partition coefficient (Wildman–Crippen LogP) is 3.06. The highest BCUT2D eigenvalue weighted by Gasteiger charge is 2.09. The van der Waals surface area contributed by atoms with Crippen molar-refractivity contribution in [3.63, 3.8) is 0 Å². The molecule has 0 unspecified atom stereocenters. The van der Waals surface area contributed by atoms with Crippen LogP contribution in [0.2, 0.25) is 0 Å². The molecule has 0 spiro atoms. The Hall–Kier alpha value is -1.29. The molecule has 1 rings (SSSR count). The van der Waals surface area contributed by atoms with Crippen LogP contribution in [0.4, 0.5) is 10.1 Å². The number of hydrogen-bond donors (Lipinski definition) is 1. The van der Waals surface area contributed by atoms with E-state index in [1.54, 1.807) is 12.1 Å². The van der Waals surface area contributed by atoms with Gasteiger partial charge in [0.1, 0.15) is 0 Å². The summed E-state index contributed by atoms with van der Waals surface area (Å²) in [5.74, 6) is -0.115. The first-order valence-corrected chi connectivity index (χ1v) is 5.64. The van der Waals surface area contributed by atoms with Gasteiger partial charge in [-0.05, 0) is 32.9 Å². The number of benzene rings is 1. The molecule has 0 aliphatic carbocycles. The van der Waals surface area contributed by atoms with Crippen LogP contribution in [0, 0.1) is 5.82 Å². The van der Waals surface area contributed by atoms with Crippen molar-refractivity contribution >= 4 is 5.69 Å². The standard InChI is InChI=1S/C13H20FNO2/c1-13(2,3)17-8-7-15-10-5-6-12(16-4)11(14)9-10/h5-6,9,15H,7-8H2,1-4H3. The summed E-state index contributed by atoms with van der Waals surface area (Å²) in [4.78, 5) is 0. The van der Waals surface area contributed by atoms with Gasteiger partial charge in [0.25, 0.3) is 0 Å². The number of hydrogen-bond acceptors (Lipinski definition) is 3. The van der Waals surface area contributed by atoms with Crippen LogP contribution >= 0.6 is 0 Å². The van der Waals surface area contributed by atoms with Crippen molar-refractivity contribution in [2.24, 2.45) is 0 Å². The molecule has 96 valence electrons. The van der Waals surface area contributed by atoms with Gasteiger partial charge in [0.05, 0.1) is 19.3 Å². The van der Waals surface area contributed by atoms with E-state index in [1.165, 1.54) is 13.2 Å². The molecule has 0 saturated heterocycles. The zero-order chi connectivity index (χ0) is 12.9. The zero-order valence-electron chi connectivity index (χ0n) is 10.8. The Morgan fingerprint density at radius 1 is 1.29 bits per heavy atom. The normalized spacial score (nSPS) is 11.4. The minimum absolute atomic E-state index is 0.146. The van der Waals surface area contributed by atoms with Crippen molar-refractivity contribution in [3.8, 4) is 5.75 Å². The lowest BCUT2D eigenvalue weighted by atomic mass is 10.2. The van der Waals surface area contributed by atoms with E-state index < -0.39 is 0 Å². The van der Waals surface area contributed by atoms with Crippen LogP contribution in [0.5, 0.6) is 5.75 Å². The van der Waals surface area contributed by atoms with E-state index in [0.29, 0.717) is 13.2 Å². The summed E-state index contributed by atoms with van der Waals surface area (Å²) in [5.41, 5.74) is 0.577. The molecule has 17 heavy (non-hydrogen) atoms. The quantitative estimate of drug-likeness (QED) is 0.804. The van der Waals surface area contributed by atoms with Gasteiger partial charge in [-0.1, -0.05) is 0 Å². The molecule has 4 heteroatoms. The van der Waals surface area contributed by atoms with E-state index in [-0.39, 0.29) is 17.2 Å². The molecule has 0 aromatic heterocycles. The molecule has 0 bridgehead atoms. The SMILES string of the molecule is COc1ccc(NCCOC(C)(C)C)cc1F. The Bertz CT molecular complexity index is 361. The van der Waals surface area contributed by atoms with Crippen molar-refractivity contribution in [2.75, 3.05) is 25.6 Å². The van der Waals surface area contributed by atoms with Crippen LogP contribution in [0.15, 0.2) is 18.2 Å². The first-order chi connectivity index (χ1) is 7.92. The fourth-order valence-electron chi connectivity index (χ4n) is 1.33. The molecular formula is C13H20FNO2. The fourth-order valence-corrected chi connectivity index (χ4v) is 1.33. The maximum Gasteiger partial charge on any atom is 0.167 e. The lowest BCUT2D eigenvalue weighted by Gasteiger charge is -2.19. The molecule has 0 fully saturated rings. The zero-order valence-corrected chi connectivity index (χ0v) is 10.8. The summed E-state index contributed by atoms with van der Waals surface area (Å²) < 4.78 is 23.7. The van der Waals surface area contributed by atoms with Gasteiger partial charge in [-0.25, -0.2) is 4.39 Å². The summed E-state index contributed by atoms with van der Waals surface area (Å²) >= 11 is 0. The van der Waals surface area contributed by atoms with Gasteiger partial charge in [0.15, 0.2) is 11.6 Å². The van der Waals surface area contributed by atoms with Crippen LogP contribution in [0.25, 0.3) is 0 Å². The van der Waals surface area contributed by atoms with Gasteiger partial charge < -0.3 is 14.8 Å². The van der Waals surface area contributed by atoms with E-state index in [4.69, 9.17) is 9.47 Å². The van der Waals surface area contributed by atoms with Crippen LogP contribution < -0.4 is 10.1 Å². The topological polar surface area (TPSA) is 30.5 Å². The molecule has 0 atom stereocenters. The molecule has 0 heterocycles. The number of nitrogens with one attached hydrogen (secondary N) is 1. The predicted molar refractivity (Wildman–Crippen MR) is 67.1 cm³/mol. The van der Waals surface area contributed by atoms with Gasteiger partial charge in [0.2, 0.25) is 0 Å². The van der Waals surface area contributed by atoms with Crippen molar-refractivity contribution < 1.29 is 13.9 Å². The molecule has 1 N–H and O–H groups in total. The second-order valence-corrected chi connectivity index (χ2v) is 4.74. The van der Waals surface area contributed by atoms with Crippen molar-refractivity contribution in [3.05, 3.63) is 24.0 Å². The number of halogens is 1. The first kappa shape index (κ1) is 13.8. The fraction of sp³-hybridized carbons (Fsp3) is 0.538. The largest absolute Gasteiger partial charge is 0.494 e. The number of methoxy groups -OCH3 is 1. The molecule has 1 aromatic carbocycles. The van der Waals surface area contributed by atoms with Gasteiger partial charge in [-0.15, -0.1) is 0 Å². The average Bonchev–Trinajstić information content (AvgIpc) is 2.23. The molecule has 0 aliphatic heterocycles. The summed E-state index contributed by atoms with van der Waals surface area (Å²) in [5, 5.41) is 3.09. The lowest BCUT2D eigenvalue weighted by molar-refractivity contribution is 0.00333. The van der Waals surface area contributed by atoms with Gasteiger partial charge >= 0.3 is 0 Å². The van der Waals surface area contributed by atoms with Crippen LogP contribution in [0.1, 0.15) is 20.8 Å². The van der Waals surface area contributed by atoms with Gasteiger partial charge in [-0.3, -0.25) is 0 Å². The first-order valence-electron chi connectivity index (χ1n) is 5.64. The van der Waals surface area contributed by atoms with Gasteiger partial charge in [-0.2, -0.15) is 0 Å². The maximum atomic E-state index is 13.4. The van der Waals surface area contributed by atoms with Crippen LogP contribution in [-0.4, -0.2) is 25.9 Å². The third kappa shape index (κ3) is 5.04. The van der Waals surface area contributed by atoms with Crippen LogP contribution in [0.3, 0.4) is 0 Å². The molecule has 1 aromatic rings. The molecular weight excluding hydrogens is 221 g/mol. The Morgan fingerprint density at radius 2 is 2.00 bits per heavy atom. The van der Waals surface area contributed by atoms with Crippen molar-refractivity contribution in [2.45, 2.75) is 26.4 Å². The number of rotatable bonds is 5. The highest BCUT2D eigenvalue weighted by atomic mass is 19.1.